The van der Waals surface area contributed by atoms with Gasteiger partial charge in [-0.25, -0.2) is 12.7 Å². The van der Waals surface area contributed by atoms with Crippen LogP contribution in [0.3, 0.4) is 0 Å². The van der Waals surface area contributed by atoms with E-state index in [0.717, 1.165) is 24.2 Å². The van der Waals surface area contributed by atoms with Crippen molar-refractivity contribution in [3.8, 4) is 5.75 Å². The van der Waals surface area contributed by atoms with Crippen molar-refractivity contribution >= 4 is 27.5 Å². The molecular weight excluding hydrogens is 472 g/mol. The van der Waals surface area contributed by atoms with Crippen molar-refractivity contribution in [1.82, 2.24) is 9.62 Å². The Hall–Kier alpha value is -2.09. The lowest BCUT2D eigenvalue weighted by Crippen LogP contribution is -2.49. The number of benzene rings is 2. The topological polar surface area (TPSA) is 75.7 Å². The molecule has 0 unspecified atom stereocenters. The third-order valence-corrected chi connectivity index (χ3v) is 9.28. The van der Waals surface area contributed by atoms with Crippen LogP contribution in [-0.2, 0) is 20.6 Å². The Morgan fingerprint density at radius 3 is 2.56 bits per heavy atom. The van der Waals surface area contributed by atoms with Crippen molar-refractivity contribution < 1.29 is 17.9 Å². The summed E-state index contributed by atoms with van der Waals surface area (Å²) in [5, 5.41) is 3.81. The molecule has 1 saturated heterocycles. The molecular formula is C26H33ClN2O4S. The number of amides is 1. The third kappa shape index (κ3) is 5.42. The van der Waals surface area contributed by atoms with Gasteiger partial charge in [-0.1, -0.05) is 55.8 Å². The van der Waals surface area contributed by atoms with Crippen LogP contribution in [0, 0.1) is 5.92 Å². The van der Waals surface area contributed by atoms with E-state index < -0.39 is 10.0 Å². The minimum absolute atomic E-state index is 0.0887. The van der Waals surface area contributed by atoms with Gasteiger partial charge in [-0.3, -0.25) is 4.79 Å². The first kappa shape index (κ1) is 25.0. The normalized spacial score (nSPS) is 22.4. The molecule has 1 N–H and O–H groups in total. The minimum atomic E-state index is -3.53. The largest absolute Gasteiger partial charge is 0.487 e. The van der Waals surface area contributed by atoms with E-state index in [1.807, 2.05) is 24.3 Å². The first-order valence-corrected chi connectivity index (χ1v) is 14.0. The SMILES string of the molecule is CCC1(CC)C[C@@H](NC(=O)[C@H]2CCCN(S(=O)(=O)Cc3ccc(Cl)cc3)C2)c2ccccc2O1. The number of hydrogen-bond donors (Lipinski definition) is 1. The number of carbonyl (C=O) groups is 1. The van der Waals surface area contributed by atoms with Gasteiger partial charge in [0.25, 0.3) is 0 Å². The van der Waals surface area contributed by atoms with Crippen LogP contribution in [0.15, 0.2) is 48.5 Å². The lowest BCUT2D eigenvalue weighted by Gasteiger charge is -2.42. The van der Waals surface area contributed by atoms with E-state index >= 15 is 0 Å². The van der Waals surface area contributed by atoms with Crippen LogP contribution in [0.25, 0.3) is 0 Å². The summed E-state index contributed by atoms with van der Waals surface area (Å²) < 4.78 is 34.0. The van der Waals surface area contributed by atoms with E-state index in [1.165, 1.54) is 4.31 Å². The molecule has 0 aliphatic carbocycles. The molecule has 2 heterocycles. The summed E-state index contributed by atoms with van der Waals surface area (Å²) in [6.45, 7) is 4.87. The van der Waals surface area contributed by atoms with Crippen LogP contribution in [0.2, 0.25) is 5.02 Å². The number of para-hydroxylation sites is 1. The molecule has 0 spiro atoms. The Balaban J connectivity index is 1.46. The van der Waals surface area contributed by atoms with Crippen LogP contribution >= 0.6 is 11.6 Å². The quantitative estimate of drug-likeness (QED) is 0.570. The maximum atomic E-state index is 13.3. The first-order valence-electron chi connectivity index (χ1n) is 12.1. The summed E-state index contributed by atoms with van der Waals surface area (Å²) in [4.78, 5) is 13.3. The standard InChI is InChI=1S/C26H33ClN2O4S/c1-3-26(4-2)16-23(22-9-5-6-10-24(22)33-26)28-25(30)20-8-7-15-29(17-20)34(31,32)18-19-11-13-21(27)14-12-19/h5-6,9-14,20,23H,3-4,7-8,15-18H2,1-2H3,(H,28,30)/t20-,23+/m0/s1. The Morgan fingerprint density at radius 1 is 1.15 bits per heavy atom. The van der Waals surface area contributed by atoms with Gasteiger partial charge in [-0.15, -0.1) is 0 Å². The van der Waals surface area contributed by atoms with Gasteiger partial charge in [0.2, 0.25) is 15.9 Å². The monoisotopic (exact) mass is 504 g/mol. The summed E-state index contributed by atoms with van der Waals surface area (Å²) in [5.74, 6) is 0.260. The second-order valence-electron chi connectivity index (χ2n) is 9.38. The average molecular weight is 505 g/mol. The summed E-state index contributed by atoms with van der Waals surface area (Å²) in [6, 6.07) is 14.5. The predicted octanol–water partition coefficient (Wildman–Crippen LogP) is 5.08. The van der Waals surface area contributed by atoms with Gasteiger partial charge in [0, 0.05) is 30.1 Å². The zero-order chi connectivity index (χ0) is 24.3. The van der Waals surface area contributed by atoms with E-state index in [0.29, 0.717) is 36.4 Å². The van der Waals surface area contributed by atoms with Crippen molar-refractivity contribution in [3.63, 3.8) is 0 Å². The van der Waals surface area contributed by atoms with E-state index in [4.69, 9.17) is 16.3 Å². The second kappa shape index (κ2) is 10.3. The Labute approximate surface area is 207 Å². The molecule has 0 bridgehead atoms. The Bertz CT molecular complexity index is 1120. The van der Waals surface area contributed by atoms with Crippen LogP contribution in [-0.4, -0.2) is 37.3 Å². The molecule has 0 radical (unpaired) electrons. The van der Waals surface area contributed by atoms with Crippen LogP contribution in [0.5, 0.6) is 5.75 Å². The molecule has 8 heteroatoms. The molecule has 4 rings (SSSR count). The Morgan fingerprint density at radius 2 is 1.85 bits per heavy atom. The number of carbonyl (C=O) groups excluding carboxylic acids is 1. The molecule has 2 aromatic rings. The molecule has 1 amide bonds. The van der Waals surface area contributed by atoms with Crippen LogP contribution < -0.4 is 10.1 Å². The van der Waals surface area contributed by atoms with E-state index in [1.54, 1.807) is 24.3 Å². The zero-order valence-electron chi connectivity index (χ0n) is 19.8. The zero-order valence-corrected chi connectivity index (χ0v) is 21.4. The van der Waals surface area contributed by atoms with E-state index in [-0.39, 0.29) is 35.8 Å². The molecule has 2 aromatic carbocycles. The lowest BCUT2D eigenvalue weighted by atomic mass is 9.83. The average Bonchev–Trinajstić information content (AvgIpc) is 2.85. The molecule has 0 saturated carbocycles. The summed E-state index contributed by atoms with van der Waals surface area (Å²) >= 11 is 5.92. The molecule has 184 valence electrons. The molecule has 2 atom stereocenters. The van der Waals surface area contributed by atoms with Gasteiger partial charge in [0.05, 0.1) is 17.7 Å². The van der Waals surface area contributed by atoms with Crippen molar-refractivity contribution in [3.05, 3.63) is 64.7 Å². The van der Waals surface area contributed by atoms with Gasteiger partial charge < -0.3 is 10.1 Å². The number of sulfonamides is 1. The fraction of sp³-hybridized carbons (Fsp3) is 0.500. The number of rotatable bonds is 7. The highest BCUT2D eigenvalue weighted by Crippen LogP contribution is 2.42. The molecule has 6 nitrogen and oxygen atoms in total. The molecule has 0 aromatic heterocycles. The summed E-state index contributed by atoms with van der Waals surface area (Å²) in [6.07, 6.45) is 3.75. The highest BCUT2D eigenvalue weighted by molar-refractivity contribution is 7.88. The van der Waals surface area contributed by atoms with Gasteiger partial charge in [0.1, 0.15) is 11.4 Å². The number of nitrogens with one attached hydrogen (secondary N) is 1. The molecule has 2 aliphatic rings. The number of ether oxygens (including phenoxy) is 1. The molecule has 2 aliphatic heterocycles. The second-order valence-corrected chi connectivity index (χ2v) is 11.8. The fourth-order valence-corrected chi connectivity index (χ4v) is 6.75. The number of fused-ring (bicyclic) bond motifs is 1. The van der Waals surface area contributed by atoms with Crippen molar-refractivity contribution in [2.45, 2.75) is 63.3 Å². The highest BCUT2D eigenvalue weighted by Gasteiger charge is 2.40. The predicted molar refractivity (Wildman–Crippen MR) is 134 cm³/mol. The van der Waals surface area contributed by atoms with Crippen LogP contribution in [0.4, 0.5) is 0 Å². The van der Waals surface area contributed by atoms with Gasteiger partial charge in [0.15, 0.2) is 0 Å². The molecule has 1 fully saturated rings. The maximum Gasteiger partial charge on any atom is 0.224 e. The lowest BCUT2D eigenvalue weighted by molar-refractivity contribution is -0.127. The Kier molecular flexibility index (Phi) is 7.55. The summed E-state index contributed by atoms with van der Waals surface area (Å²) in [5.41, 5.74) is 1.36. The number of piperidine rings is 1. The highest BCUT2D eigenvalue weighted by atomic mass is 35.5. The number of halogens is 1. The smallest absolute Gasteiger partial charge is 0.224 e. The maximum absolute atomic E-state index is 13.3. The van der Waals surface area contributed by atoms with Crippen molar-refractivity contribution in [2.75, 3.05) is 13.1 Å². The van der Waals surface area contributed by atoms with E-state index in [2.05, 4.69) is 19.2 Å². The van der Waals surface area contributed by atoms with E-state index in [9.17, 15) is 13.2 Å². The van der Waals surface area contributed by atoms with Crippen molar-refractivity contribution in [1.29, 1.82) is 0 Å². The van der Waals surface area contributed by atoms with Crippen molar-refractivity contribution in [2.24, 2.45) is 5.92 Å². The number of nitrogens with zero attached hydrogens (tertiary/aromatic N) is 1. The minimum Gasteiger partial charge on any atom is -0.487 e. The third-order valence-electron chi connectivity index (χ3n) is 7.21. The molecule has 34 heavy (non-hydrogen) atoms. The van der Waals surface area contributed by atoms with Gasteiger partial charge in [-0.2, -0.15) is 0 Å². The summed E-state index contributed by atoms with van der Waals surface area (Å²) in [7, 11) is -3.53. The fourth-order valence-electron chi connectivity index (χ4n) is 5.01. The van der Waals surface area contributed by atoms with Gasteiger partial charge >= 0.3 is 0 Å². The number of hydrogen-bond acceptors (Lipinski definition) is 4. The van der Waals surface area contributed by atoms with Gasteiger partial charge in [-0.05, 0) is 49.4 Å². The van der Waals surface area contributed by atoms with Crippen LogP contribution in [0.1, 0.15) is 63.1 Å². The first-order chi connectivity index (χ1) is 16.2.